The van der Waals surface area contributed by atoms with E-state index in [9.17, 15) is 18.8 Å². The van der Waals surface area contributed by atoms with Gasteiger partial charge in [-0.25, -0.2) is 14.0 Å². The summed E-state index contributed by atoms with van der Waals surface area (Å²) >= 11 is 0. The lowest BCUT2D eigenvalue weighted by Crippen LogP contribution is -2.56. The number of urea groups is 1. The Hall–Kier alpha value is -2.64. The number of piperazine rings is 1. The Labute approximate surface area is 119 Å². The Kier molecular flexibility index (Phi) is 4.06. The van der Waals surface area contributed by atoms with Gasteiger partial charge >= 0.3 is 12.0 Å². The van der Waals surface area contributed by atoms with E-state index in [1.54, 1.807) is 6.92 Å². The number of anilines is 1. The van der Waals surface area contributed by atoms with Crippen molar-refractivity contribution >= 4 is 23.6 Å². The molecule has 0 spiro atoms. The van der Waals surface area contributed by atoms with E-state index >= 15 is 0 Å². The van der Waals surface area contributed by atoms with Crippen molar-refractivity contribution in [3.8, 4) is 0 Å². The molecule has 8 heteroatoms. The Morgan fingerprint density at radius 1 is 1.48 bits per heavy atom. The van der Waals surface area contributed by atoms with E-state index in [4.69, 9.17) is 5.11 Å². The minimum absolute atomic E-state index is 0.148. The van der Waals surface area contributed by atoms with E-state index in [-0.39, 0.29) is 18.1 Å². The second-order valence-electron chi connectivity index (χ2n) is 4.56. The van der Waals surface area contributed by atoms with Crippen molar-refractivity contribution in [3.05, 3.63) is 29.6 Å². The van der Waals surface area contributed by atoms with E-state index in [1.165, 1.54) is 17.0 Å². The first-order chi connectivity index (χ1) is 9.91. The van der Waals surface area contributed by atoms with Crippen LogP contribution in [-0.4, -0.2) is 47.0 Å². The van der Waals surface area contributed by atoms with E-state index in [0.717, 1.165) is 6.07 Å². The fourth-order valence-corrected chi connectivity index (χ4v) is 2.09. The molecule has 0 radical (unpaired) electrons. The molecule has 1 unspecified atom stereocenters. The van der Waals surface area contributed by atoms with Crippen LogP contribution in [-0.2, 0) is 4.79 Å². The third kappa shape index (κ3) is 2.93. The Morgan fingerprint density at radius 2 is 2.19 bits per heavy atom. The molecule has 1 aromatic carbocycles. The maximum atomic E-state index is 13.5. The van der Waals surface area contributed by atoms with Gasteiger partial charge in [-0.3, -0.25) is 4.79 Å². The van der Waals surface area contributed by atoms with E-state index < -0.39 is 29.4 Å². The molecule has 1 fully saturated rings. The molecule has 3 N–H and O–H groups in total. The second kappa shape index (κ2) is 5.78. The maximum absolute atomic E-state index is 13.5. The smallest absolute Gasteiger partial charge is 0.340 e. The van der Waals surface area contributed by atoms with Gasteiger partial charge in [-0.05, 0) is 19.1 Å². The van der Waals surface area contributed by atoms with Crippen LogP contribution < -0.4 is 10.6 Å². The molecule has 0 bridgehead atoms. The number of carboxylic acid groups (broad SMARTS) is 1. The molecule has 0 aliphatic carbocycles. The van der Waals surface area contributed by atoms with Gasteiger partial charge in [0.15, 0.2) is 0 Å². The molecule has 1 atom stereocenters. The zero-order valence-corrected chi connectivity index (χ0v) is 11.2. The average Bonchev–Trinajstić information content (AvgIpc) is 2.41. The number of rotatable bonds is 2. The van der Waals surface area contributed by atoms with Crippen molar-refractivity contribution in [1.82, 2.24) is 10.2 Å². The van der Waals surface area contributed by atoms with Crippen LogP contribution in [0.3, 0.4) is 0 Å². The van der Waals surface area contributed by atoms with Gasteiger partial charge in [0.1, 0.15) is 17.4 Å². The van der Waals surface area contributed by atoms with Crippen LogP contribution in [0, 0.1) is 5.82 Å². The van der Waals surface area contributed by atoms with E-state index in [2.05, 4.69) is 10.6 Å². The fraction of sp³-hybridized carbons (Fsp3) is 0.308. The number of carboxylic acids is 1. The van der Waals surface area contributed by atoms with Crippen LogP contribution in [0.15, 0.2) is 18.2 Å². The summed E-state index contributed by atoms with van der Waals surface area (Å²) < 4.78 is 13.5. The molecule has 1 aliphatic heterocycles. The van der Waals surface area contributed by atoms with Gasteiger partial charge in [0, 0.05) is 13.1 Å². The molecular formula is C13H14FN3O4. The van der Waals surface area contributed by atoms with Crippen LogP contribution in [0.1, 0.15) is 17.3 Å². The van der Waals surface area contributed by atoms with Crippen molar-refractivity contribution in [1.29, 1.82) is 0 Å². The van der Waals surface area contributed by atoms with Crippen molar-refractivity contribution in [3.63, 3.8) is 0 Å². The van der Waals surface area contributed by atoms with Crippen molar-refractivity contribution in [2.75, 3.05) is 18.4 Å². The molecule has 1 aromatic rings. The van der Waals surface area contributed by atoms with Crippen LogP contribution in [0.2, 0.25) is 0 Å². The molecule has 1 aliphatic rings. The van der Waals surface area contributed by atoms with Gasteiger partial charge in [-0.1, -0.05) is 6.07 Å². The van der Waals surface area contributed by atoms with Crippen molar-refractivity contribution < 1.29 is 23.9 Å². The fourth-order valence-electron chi connectivity index (χ4n) is 2.09. The lowest BCUT2D eigenvalue weighted by atomic mass is 10.1. The zero-order chi connectivity index (χ0) is 15.6. The van der Waals surface area contributed by atoms with Crippen LogP contribution in [0.25, 0.3) is 0 Å². The third-order valence-electron chi connectivity index (χ3n) is 3.23. The molecule has 1 heterocycles. The highest BCUT2D eigenvalue weighted by atomic mass is 19.1. The molecule has 112 valence electrons. The summed E-state index contributed by atoms with van der Waals surface area (Å²) in [5, 5.41) is 13.9. The molecule has 7 nitrogen and oxygen atoms in total. The topological polar surface area (TPSA) is 98.7 Å². The monoisotopic (exact) mass is 295 g/mol. The summed E-state index contributed by atoms with van der Waals surface area (Å²) in [7, 11) is 0. The van der Waals surface area contributed by atoms with Gasteiger partial charge in [-0.2, -0.15) is 0 Å². The lowest BCUT2D eigenvalue weighted by Gasteiger charge is -2.32. The average molecular weight is 295 g/mol. The van der Waals surface area contributed by atoms with Gasteiger partial charge < -0.3 is 20.6 Å². The number of benzene rings is 1. The summed E-state index contributed by atoms with van der Waals surface area (Å²) in [6.07, 6.45) is 0. The summed E-state index contributed by atoms with van der Waals surface area (Å²) in [4.78, 5) is 35.9. The summed E-state index contributed by atoms with van der Waals surface area (Å²) in [6.45, 7) is 2.15. The summed E-state index contributed by atoms with van der Waals surface area (Å²) in [5.41, 5.74) is -0.759. The van der Waals surface area contributed by atoms with Crippen LogP contribution in [0.4, 0.5) is 14.9 Å². The number of nitrogens with one attached hydrogen (secondary N) is 2. The number of halogens is 1. The first-order valence-corrected chi connectivity index (χ1v) is 6.29. The largest absolute Gasteiger partial charge is 0.478 e. The van der Waals surface area contributed by atoms with Gasteiger partial charge in [0.05, 0.1) is 5.69 Å². The predicted octanol–water partition coefficient (Wildman–Crippen LogP) is 0.876. The highest BCUT2D eigenvalue weighted by Crippen LogP contribution is 2.20. The van der Waals surface area contributed by atoms with Gasteiger partial charge in [0.2, 0.25) is 5.91 Å². The first-order valence-electron chi connectivity index (χ1n) is 6.29. The standard InChI is InChI=1S/C13H14FN3O4/c1-7-11(18)15-5-6-17(7)13(21)16-9-4-2-3-8(14)10(9)12(19)20/h2-4,7H,5-6H2,1H3,(H,15,18)(H,16,21)(H,19,20). The normalized spacial score (nSPS) is 18.1. The van der Waals surface area contributed by atoms with Gasteiger partial charge in [-0.15, -0.1) is 0 Å². The number of amides is 3. The van der Waals surface area contributed by atoms with Crippen LogP contribution >= 0.6 is 0 Å². The highest BCUT2D eigenvalue weighted by Gasteiger charge is 2.30. The summed E-state index contributed by atoms with van der Waals surface area (Å²) in [6, 6.07) is 2.25. The van der Waals surface area contributed by atoms with Gasteiger partial charge in [0.25, 0.3) is 0 Å². The first kappa shape index (κ1) is 14.8. The third-order valence-corrected chi connectivity index (χ3v) is 3.23. The predicted molar refractivity (Wildman–Crippen MR) is 71.6 cm³/mol. The number of aromatic carboxylic acids is 1. The molecular weight excluding hydrogens is 281 g/mol. The van der Waals surface area contributed by atoms with Crippen molar-refractivity contribution in [2.45, 2.75) is 13.0 Å². The molecule has 2 rings (SSSR count). The second-order valence-corrected chi connectivity index (χ2v) is 4.56. The number of hydrogen-bond donors (Lipinski definition) is 3. The number of nitrogens with zero attached hydrogens (tertiary/aromatic N) is 1. The number of carbonyl (C=O) groups is 3. The molecule has 3 amide bonds. The minimum atomic E-state index is -1.48. The summed E-state index contributed by atoms with van der Waals surface area (Å²) in [5.74, 6) is -2.72. The molecule has 21 heavy (non-hydrogen) atoms. The highest BCUT2D eigenvalue weighted by molar-refractivity contribution is 6.01. The Bertz CT molecular complexity index is 605. The lowest BCUT2D eigenvalue weighted by molar-refractivity contribution is -0.126. The number of carbonyl (C=O) groups excluding carboxylic acids is 2. The number of hydrogen-bond acceptors (Lipinski definition) is 3. The maximum Gasteiger partial charge on any atom is 0.340 e. The molecule has 1 saturated heterocycles. The van der Waals surface area contributed by atoms with Crippen molar-refractivity contribution in [2.24, 2.45) is 0 Å². The van der Waals surface area contributed by atoms with Crippen LogP contribution in [0.5, 0.6) is 0 Å². The minimum Gasteiger partial charge on any atom is -0.478 e. The molecule has 0 saturated carbocycles. The van der Waals surface area contributed by atoms with E-state index in [1.807, 2.05) is 0 Å². The zero-order valence-electron chi connectivity index (χ0n) is 11.2. The quantitative estimate of drug-likeness (QED) is 0.754. The van der Waals surface area contributed by atoms with E-state index in [0.29, 0.717) is 6.54 Å². The SMILES string of the molecule is CC1C(=O)NCCN1C(=O)Nc1cccc(F)c1C(=O)O. The Balaban J connectivity index is 2.22. The molecule has 0 aromatic heterocycles. The Morgan fingerprint density at radius 3 is 2.86 bits per heavy atom.